The van der Waals surface area contributed by atoms with Crippen molar-refractivity contribution >= 4 is 5.97 Å². The summed E-state index contributed by atoms with van der Waals surface area (Å²) in [5, 5.41) is 9.04. The Kier molecular flexibility index (Phi) is 3.17. The molecule has 0 bridgehead atoms. The Morgan fingerprint density at radius 3 is 2.78 bits per heavy atom. The second-order valence-corrected chi connectivity index (χ2v) is 4.45. The summed E-state index contributed by atoms with van der Waals surface area (Å²) in [5.41, 5.74) is 5.54. The molecule has 1 saturated carbocycles. The highest BCUT2D eigenvalue weighted by Gasteiger charge is 2.58. The van der Waals surface area contributed by atoms with Gasteiger partial charge in [-0.15, -0.1) is 0 Å². The Bertz CT molecular complexity index is 474. The van der Waals surface area contributed by atoms with Gasteiger partial charge in [0, 0.05) is 5.92 Å². The van der Waals surface area contributed by atoms with Crippen molar-refractivity contribution in [3.8, 4) is 11.5 Å². The number of ether oxygens (including phenoxy) is 2. The first-order valence-corrected chi connectivity index (χ1v) is 5.86. The molecular formula is C13H17NO4. The Morgan fingerprint density at radius 2 is 2.28 bits per heavy atom. The molecule has 0 radical (unpaired) electrons. The molecule has 2 unspecified atom stereocenters. The maximum Gasteiger partial charge on any atom is 0.324 e. The van der Waals surface area contributed by atoms with Crippen LogP contribution in [0.4, 0.5) is 0 Å². The number of nitrogens with two attached hydrogens (primary N) is 1. The summed E-state index contributed by atoms with van der Waals surface area (Å²) in [5.74, 6) is 0.151. The molecule has 0 amide bonds. The van der Waals surface area contributed by atoms with Crippen LogP contribution in [0.25, 0.3) is 0 Å². The minimum Gasteiger partial charge on any atom is -0.493 e. The lowest BCUT2D eigenvalue weighted by molar-refractivity contribution is -0.139. The van der Waals surface area contributed by atoms with Gasteiger partial charge in [-0.25, -0.2) is 0 Å². The second-order valence-electron chi connectivity index (χ2n) is 4.45. The van der Waals surface area contributed by atoms with Crippen LogP contribution in [-0.4, -0.2) is 30.3 Å². The standard InChI is InChI=1S/C13H17NO4/c1-3-18-11-6-8(4-5-10(11)17-2)9-7-13(9,14)12(15)16/h4-6,9H,3,7,14H2,1-2H3,(H,15,16). The van der Waals surface area contributed by atoms with E-state index in [0.717, 1.165) is 5.56 Å². The lowest BCUT2D eigenvalue weighted by Gasteiger charge is -2.12. The predicted octanol–water partition coefficient (Wildman–Crippen LogP) is 1.36. The number of aliphatic carboxylic acids is 1. The molecular weight excluding hydrogens is 234 g/mol. The third kappa shape index (κ3) is 2.01. The van der Waals surface area contributed by atoms with Crippen LogP contribution < -0.4 is 15.2 Å². The van der Waals surface area contributed by atoms with E-state index in [1.54, 1.807) is 13.2 Å². The zero-order chi connectivity index (χ0) is 13.3. The van der Waals surface area contributed by atoms with Gasteiger partial charge in [-0.05, 0) is 31.0 Å². The number of methoxy groups -OCH3 is 1. The largest absolute Gasteiger partial charge is 0.493 e. The van der Waals surface area contributed by atoms with Gasteiger partial charge in [0.05, 0.1) is 13.7 Å². The molecule has 0 saturated heterocycles. The zero-order valence-electron chi connectivity index (χ0n) is 10.5. The molecule has 1 aliphatic rings. The van der Waals surface area contributed by atoms with Crippen LogP contribution >= 0.6 is 0 Å². The number of hydrogen-bond donors (Lipinski definition) is 2. The fraction of sp³-hybridized carbons (Fsp3) is 0.462. The summed E-state index contributed by atoms with van der Waals surface area (Å²) in [6.45, 7) is 2.41. The molecule has 98 valence electrons. The van der Waals surface area contributed by atoms with E-state index in [4.69, 9.17) is 20.3 Å². The molecule has 0 spiro atoms. The molecule has 2 atom stereocenters. The summed E-state index contributed by atoms with van der Waals surface area (Å²) in [4.78, 5) is 11.0. The van der Waals surface area contributed by atoms with E-state index in [0.29, 0.717) is 24.5 Å². The molecule has 1 aliphatic carbocycles. The van der Waals surface area contributed by atoms with Gasteiger partial charge in [-0.1, -0.05) is 6.07 Å². The minimum atomic E-state index is -1.13. The number of hydrogen-bond acceptors (Lipinski definition) is 4. The maximum absolute atomic E-state index is 11.0. The highest BCUT2D eigenvalue weighted by Crippen LogP contribution is 2.50. The van der Waals surface area contributed by atoms with E-state index in [-0.39, 0.29) is 5.92 Å². The van der Waals surface area contributed by atoms with Crippen molar-refractivity contribution in [2.45, 2.75) is 24.8 Å². The average Bonchev–Trinajstić information content (AvgIpc) is 3.04. The third-order valence-corrected chi connectivity index (χ3v) is 3.29. The van der Waals surface area contributed by atoms with Gasteiger partial charge in [0.15, 0.2) is 11.5 Å². The fourth-order valence-corrected chi connectivity index (χ4v) is 2.11. The summed E-state index contributed by atoms with van der Waals surface area (Å²) in [6, 6.07) is 5.43. The molecule has 1 aromatic carbocycles. The summed E-state index contributed by atoms with van der Waals surface area (Å²) < 4.78 is 10.6. The third-order valence-electron chi connectivity index (χ3n) is 3.29. The van der Waals surface area contributed by atoms with Gasteiger partial charge in [0.1, 0.15) is 5.54 Å². The van der Waals surface area contributed by atoms with Crippen molar-refractivity contribution in [3.63, 3.8) is 0 Å². The highest BCUT2D eigenvalue weighted by atomic mass is 16.5. The number of carboxylic acid groups (broad SMARTS) is 1. The van der Waals surface area contributed by atoms with Crippen molar-refractivity contribution < 1.29 is 19.4 Å². The van der Waals surface area contributed by atoms with E-state index in [1.807, 2.05) is 19.1 Å². The molecule has 0 heterocycles. The Labute approximate surface area is 106 Å². The topological polar surface area (TPSA) is 81.8 Å². The van der Waals surface area contributed by atoms with Crippen LogP contribution in [0.15, 0.2) is 18.2 Å². The van der Waals surface area contributed by atoms with Crippen LogP contribution in [0.1, 0.15) is 24.8 Å². The lowest BCUT2D eigenvalue weighted by atomic mass is 10.1. The average molecular weight is 251 g/mol. The first-order chi connectivity index (χ1) is 8.52. The minimum absolute atomic E-state index is 0.153. The van der Waals surface area contributed by atoms with Crippen molar-refractivity contribution in [1.82, 2.24) is 0 Å². The Morgan fingerprint density at radius 1 is 1.56 bits per heavy atom. The van der Waals surface area contributed by atoms with Crippen molar-refractivity contribution in [2.75, 3.05) is 13.7 Å². The molecule has 0 aromatic heterocycles. The first kappa shape index (κ1) is 12.7. The van der Waals surface area contributed by atoms with Gasteiger partial charge in [0.25, 0.3) is 0 Å². The monoisotopic (exact) mass is 251 g/mol. The Balaban J connectivity index is 2.26. The van der Waals surface area contributed by atoms with Gasteiger partial charge in [0.2, 0.25) is 0 Å². The molecule has 2 rings (SSSR count). The van der Waals surface area contributed by atoms with E-state index < -0.39 is 11.5 Å². The molecule has 5 nitrogen and oxygen atoms in total. The SMILES string of the molecule is CCOc1cc(C2CC2(N)C(=O)O)ccc1OC. The van der Waals surface area contributed by atoms with Gasteiger partial charge >= 0.3 is 5.97 Å². The summed E-state index contributed by atoms with van der Waals surface area (Å²) in [7, 11) is 1.57. The van der Waals surface area contributed by atoms with Gasteiger partial charge in [-0.2, -0.15) is 0 Å². The quantitative estimate of drug-likeness (QED) is 0.825. The van der Waals surface area contributed by atoms with E-state index in [2.05, 4.69) is 0 Å². The van der Waals surface area contributed by atoms with Crippen LogP contribution in [-0.2, 0) is 4.79 Å². The van der Waals surface area contributed by atoms with Crippen LogP contribution in [0.5, 0.6) is 11.5 Å². The summed E-state index contributed by atoms with van der Waals surface area (Å²) in [6.07, 6.45) is 0.459. The Hall–Kier alpha value is -1.75. The second kappa shape index (κ2) is 4.49. The van der Waals surface area contributed by atoms with Crippen LogP contribution in [0.2, 0.25) is 0 Å². The van der Waals surface area contributed by atoms with Crippen molar-refractivity contribution in [3.05, 3.63) is 23.8 Å². The van der Waals surface area contributed by atoms with E-state index in [1.165, 1.54) is 0 Å². The number of carboxylic acids is 1. The smallest absolute Gasteiger partial charge is 0.324 e. The van der Waals surface area contributed by atoms with Crippen LogP contribution in [0, 0.1) is 0 Å². The van der Waals surface area contributed by atoms with Crippen molar-refractivity contribution in [2.24, 2.45) is 5.73 Å². The predicted molar refractivity (Wildman–Crippen MR) is 66.1 cm³/mol. The maximum atomic E-state index is 11.0. The zero-order valence-corrected chi connectivity index (χ0v) is 10.5. The van der Waals surface area contributed by atoms with E-state index in [9.17, 15) is 4.79 Å². The van der Waals surface area contributed by atoms with Crippen molar-refractivity contribution in [1.29, 1.82) is 0 Å². The fourth-order valence-electron chi connectivity index (χ4n) is 2.11. The molecule has 1 aromatic rings. The first-order valence-electron chi connectivity index (χ1n) is 5.86. The molecule has 1 fully saturated rings. The molecule has 18 heavy (non-hydrogen) atoms. The molecule has 0 aliphatic heterocycles. The van der Waals surface area contributed by atoms with E-state index >= 15 is 0 Å². The van der Waals surface area contributed by atoms with Crippen LogP contribution in [0.3, 0.4) is 0 Å². The summed E-state index contributed by atoms with van der Waals surface area (Å²) >= 11 is 0. The molecule has 5 heteroatoms. The van der Waals surface area contributed by atoms with Gasteiger partial charge < -0.3 is 20.3 Å². The van der Waals surface area contributed by atoms with Gasteiger partial charge in [-0.3, -0.25) is 4.79 Å². The lowest BCUT2D eigenvalue weighted by Crippen LogP contribution is -2.34. The number of carbonyl (C=O) groups is 1. The number of rotatable bonds is 5. The molecule has 3 N–H and O–H groups in total. The number of benzene rings is 1. The highest BCUT2D eigenvalue weighted by molar-refractivity contribution is 5.85. The normalized spacial score (nSPS) is 25.6.